The molecule has 0 aliphatic heterocycles. The average molecular weight is 1370 g/mol. The molecule has 19 heteroatoms. The summed E-state index contributed by atoms with van der Waals surface area (Å²) in [5, 5.41) is 10.6. The summed E-state index contributed by atoms with van der Waals surface area (Å²) in [5.41, 5.74) is 0. The molecule has 5 atom stereocenters. The predicted molar refractivity (Wildman–Crippen MR) is 377 cm³/mol. The normalized spacial score (nSPS) is 13.9. The molecular weight excluding hydrogens is 1220 g/mol. The molecule has 0 saturated carbocycles. The fraction of sp³-hybridized carbons (Fsp3) is 0.946. The van der Waals surface area contributed by atoms with Gasteiger partial charge in [0.05, 0.1) is 26.4 Å². The van der Waals surface area contributed by atoms with E-state index in [2.05, 4.69) is 27.7 Å². The summed E-state index contributed by atoms with van der Waals surface area (Å²) in [4.78, 5) is 72.6. The highest BCUT2D eigenvalue weighted by Gasteiger charge is 2.30. The zero-order valence-corrected chi connectivity index (χ0v) is 62.0. The highest BCUT2D eigenvalue weighted by molar-refractivity contribution is 7.47. The minimum Gasteiger partial charge on any atom is -0.462 e. The van der Waals surface area contributed by atoms with Crippen LogP contribution < -0.4 is 0 Å². The summed E-state index contributed by atoms with van der Waals surface area (Å²) >= 11 is 0. The molecule has 3 N–H and O–H groups in total. The van der Waals surface area contributed by atoms with Crippen LogP contribution in [0.2, 0.25) is 0 Å². The van der Waals surface area contributed by atoms with Crippen LogP contribution in [0, 0.1) is 0 Å². The molecule has 0 aromatic heterocycles. The number of rotatable bonds is 75. The molecule has 0 saturated heterocycles. The van der Waals surface area contributed by atoms with Crippen molar-refractivity contribution in [3.63, 3.8) is 0 Å². The van der Waals surface area contributed by atoms with Crippen LogP contribution >= 0.6 is 15.6 Å². The van der Waals surface area contributed by atoms with E-state index in [1.165, 1.54) is 225 Å². The van der Waals surface area contributed by atoms with Crippen LogP contribution in [0.15, 0.2) is 0 Å². The SMILES string of the molecule is CCCCCCCCCCCCCCCCCCCCC(=O)O[C@H](COC(=O)CCCCCCCCCCCCCCCCCCC)COP(=O)(O)OC[C@@H](O)COP(=O)(O)OC[C@@H](COC(=O)CCCCCCCCCCC)OC(=O)CCCCCCCCCCC. The van der Waals surface area contributed by atoms with E-state index in [0.29, 0.717) is 25.7 Å². The number of aliphatic hydroxyl groups excluding tert-OH is 1. The molecule has 0 bridgehead atoms. The zero-order valence-electron chi connectivity index (χ0n) is 60.2. The Morgan fingerprint density at radius 2 is 0.430 bits per heavy atom. The van der Waals surface area contributed by atoms with Crippen LogP contribution in [0.25, 0.3) is 0 Å². The van der Waals surface area contributed by atoms with Crippen molar-refractivity contribution in [1.29, 1.82) is 0 Å². The third kappa shape index (κ3) is 68.4. The lowest BCUT2D eigenvalue weighted by atomic mass is 10.0. The maximum atomic E-state index is 13.1. The minimum absolute atomic E-state index is 0.106. The number of phosphoric acid groups is 2. The van der Waals surface area contributed by atoms with Crippen LogP contribution in [0.5, 0.6) is 0 Å². The Bertz CT molecular complexity index is 1770. The molecule has 0 fully saturated rings. The zero-order chi connectivity index (χ0) is 68.2. The number of phosphoric ester groups is 2. The molecule has 0 rings (SSSR count). The number of aliphatic hydroxyl groups is 1. The van der Waals surface area contributed by atoms with Crippen LogP contribution in [0.4, 0.5) is 0 Å². The molecule has 93 heavy (non-hydrogen) atoms. The smallest absolute Gasteiger partial charge is 0.462 e. The summed E-state index contributed by atoms with van der Waals surface area (Å²) in [5.74, 6) is -2.12. The largest absolute Gasteiger partial charge is 0.472 e. The van der Waals surface area contributed by atoms with Gasteiger partial charge in [0, 0.05) is 25.7 Å². The molecule has 552 valence electrons. The summed E-state index contributed by atoms with van der Waals surface area (Å²) in [7, 11) is -9.90. The van der Waals surface area contributed by atoms with Gasteiger partial charge in [0.25, 0.3) is 0 Å². The molecule has 17 nitrogen and oxygen atoms in total. The molecular formula is C74H144O17P2. The van der Waals surface area contributed by atoms with E-state index in [-0.39, 0.29) is 25.7 Å². The van der Waals surface area contributed by atoms with Gasteiger partial charge in [-0.1, -0.05) is 342 Å². The van der Waals surface area contributed by atoms with Gasteiger partial charge in [0.15, 0.2) is 12.2 Å². The maximum absolute atomic E-state index is 13.1. The number of unbranched alkanes of at least 4 members (excludes halogenated alkanes) is 49. The van der Waals surface area contributed by atoms with Gasteiger partial charge in [-0.25, -0.2) is 9.13 Å². The molecule has 0 heterocycles. The topological polar surface area (TPSA) is 237 Å². The number of carbonyl (C=O) groups excluding carboxylic acids is 4. The number of hydrogen-bond acceptors (Lipinski definition) is 15. The summed E-state index contributed by atoms with van der Waals surface area (Å²) in [6.07, 6.45) is 58.3. The average Bonchev–Trinajstić information content (AvgIpc) is 2.73. The number of esters is 4. The Labute approximate surface area is 568 Å². The van der Waals surface area contributed by atoms with E-state index < -0.39 is 97.5 Å². The standard InChI is InChI=1S/C74H144O17P2/c1-5-9-13-17-21-25-27-29-31-33-35-37-39-41-45-49-53-57-61-74(79)91-70(65-85-72(77)59-55-51-47-44-40-38-36-34-32-30-28-26-22-18-14-10-6-2)67-89-93(82,83)87-63-68(75)62-86-92(80,81)88-66-69(90-73(78)60-56-52-48-43-24-20-16-12-8-4)64-84-71(76)58-54-50-46-42-23-19-15-11-7-3/h68-70,75H,5-67H2,1-4H3,(H,80,81)(H,82,83)/t68-,69+,70+/m0/s1. The molecule has 0 amide bonds. The van der Waals surface area contributed by atoms with Crippen molar-refractivity contribution in [2.75, 3.05) is 39.6 Å². The summed E-state index contributed by atoms with van der Waals surface area (Å²) < 4.78 is 68.3. The monoisotopic (exact) mass is 1370 g/mol. The first-order valence-corrected chi connectivity index (χ1v) is 41.8. The lowest BCUT2D eigenvalue weighted by Crippen LogP contribution is -2.30. The maximum Gasteiger partial charge on any atom is 0.472 e. The Morgan fingerprint density at radius 3 is 0.634 bits per heavy atom. The third-order valence-corrected chi connectivity index (χ3v) is 19.3. The van der Waals surface area contributed by atoms with Gasteiger partial charge in [0.2, 0.25) is 0 Å². The Kier molecular flexibility index (Phi) is 67.1. The van der Waals surface area contributed by atoms with E-state index in [4.69, 9.17) is 37.0 Å². The lowest BCUT2D eigenvalue weighted by molar-refractivity contribution is -0.161. The van der Waals surface area contributed by atoms with Crippen molar-refractivity contribution < 1.29 is 80.2 Å². The molecule has 0 aliphatic rings. The Hall–Kier alpha value is -1.94. The first-order valence-electron chi connectivity index (χ1n) is 38.8. The van der Waals surface area contributed by atoms with E-state index >= 15 is 0 Å². The van der Waals surface area contributed by atoms with Gasteiger partial charge in [-0.3, -0.25) is 37.3 Å². The lowest BCUT2D eigenvalue weighted by Gasteiger charge is -2.21. The van der Waals surface area contributed by atoms with Gasteiger partial charge in [0.1, 0.15) is 19.3 Å². The second-order valence-electron chi connectivity index (χ2n) is 26.7. The fourth-order valence-electron chi connectivity index (χ4n) is 11.4. The Morgan fingerprint density at radius 1 is 0.258 bits per heavy atom. The van der Waals surface area contributed by atoms with Crippen molar-refractivity contribution in [2.45, 2.75) is 412 Å². The number of hydrogen-bond donors (Lipinski definition) is 3. The summed E-state index contributed by atoms with van der Waals surface area (Å²) in [6, 6.07) is 0. The molecule has 0 aromatic rings. The van der Waals surface area contributed by atoms with E-state index in [9.17, 15) is 43.2 Å². The third-order valence-electron chi connectivity index (χ3n) is 17.4. The highest BCUT2D eigenvalue weighted by atomic mass is 31.2. The van der Waals surface area contributed by atoms with E-state index in [0.717, 1.165) is 89.9 Å². The quantitative estimate of drug-likeness (QED) is 0.0222. The molecule has 0 radical (unpaired) electrons. The van der Waals surface area contributed by atoms with Gasteiger partial charge in [-0.2, -0.15) is 0 Å². The number of carbonyl (C=O) groups is 4. The molecule has 2 unspecified atom stereocenters. The van der Waals surface area contributed by atoms with Gasteiger partial charge < -0.3 is 33.8 Å². The van der Waals surface area contributed by atoms with Crippen molar-refractivity contribution in [1.82, 2.24) is 0 Å². The molecule has 0 spiro atoms. The second kappa shape index (κ2) is 68.6. The van der Waals surface area contributed by atoms with Gasteiger partial charge >= 0.3 is 39.5 Å². The van der Waals surface area contributed by atoms with Gasteiger partial charge in [-0.05, 0) is 25.7 Å². The second-order valence-corrected chi connectivity index (χ2v) is 29.6. The first kappa shape index (κ1) is 91.1. The van der Waals surface area contributed by atoms with Crippen molar-refractivity contribution >= 4 is 39.5 Å². The number of ether oxygens (including phenoxy) is 4. The van der Waals surface area contributed by atoms with E-state index in [1.807, 2.05) is 0 Å². The predicted octanol–water partition coefficient (Wildman–Crippen LogP) is 21.8. The minimum atomic E-state index is -4.95. The highest BCUT2D eigenvalue weighted by Crippen LogP contribution is 2.45. The fourth-order valence-corrected chi connectivity index (χ4v) is 13.0. The molecule has 0 aromatic carbocycles. The van der Waals surface area contributed by atoms with Crippen LogP contribution in [0.1, 0.15) is 394 Å². The Balaban J connectivity index is 5.19. The van der Waals surface area contributed by atoms with Crippen LogP contribution in [-0.2, 0) is 65.4 Å². The molecule has 0 aliphatic carbocycles. The van der Waals surface area contributed by atoms with Crippen LogP contribution in [-0.4, -0.2) is 96.7 Å². The van der Waals surface area contributed by atoms with Crippen molar-refractivity contribution in [3.8, 4) is 0 Å². The van der Waals surface area contributed by atoms with Crippen LogP contribution in [0.3, 0.4) is 0 Å². The van der Waals surface area contributed by atoms with Gasteiger partial charge in [-0.15, -0.1) is 0 Å². The summed E-state index contributed by atoms with van der Waals surface area (Å²) in [6.45, 7) is 4.94. The van der Waals surface area contributed by atoms with Crippen molar-refractivity contribution in [2.24, 2.45) is 0 Å². The van der Waals surface area contributed by atoms with E-state index in [1.54, 1.807) is 0 Å². The van der Waals surface area contributed by atoms with Crippen molar-refractivity contribution in [3.05, 3.63) is 0 Å². The first-order chi connectivity index (χ1) is 45.2.